The third kappa shape index (κ3) is 8.70. The lowest BCUT2D eigenvalue weighted by Crippen LogP contribution is -2.38. The Balaban J connectivity index is 1.13. The van der Waals surface area contributed by atoms with Gasteiger partial charge in [0.25, 0.3) is 0 Å². The highest BCUT2D eigenvalue weighted by molar-refractivity contribution is 7.99. The first-order valence-electron chi connectivity index (χ1n) is 16.0. The van der Waals surface area contributed by atoms with E-state index in [1.165, 1.54) is 4.90 Å². The molecule has 1 saturated heterocycles. The molecule has 6 rings (SSSR count). The summed E-state index contributed by atoms with van der Waals surface area (Å²) in [5.41, 5.74) is 7.12. The molecular weight excluding hydrogens is 605 g/mol. The Kier molecular flexibility index (Phi) is 11.0. The van der Waals surface area contributed by atoms with E-state index in [0.717, 1.165) is 44.7 Å². The lowest BCUT2D eigenvalue weighted by atomic mass is 9.91. The Labute approximate surface area is 281 Å². The summed E-state index contributed by atoms with van der Waals surface area (Å²) in [7, 11) is 0. The summed E-state index contributed by atoms with van der Waals surface area (Å²) in [5.74, 6) is 0.929. The molecule has 0 saturated carbocycles. The zero-order chi connectivity index (χ0) is 32.4. The molecule has 240 valence electrons. The van der Waals surface area contributed by atoms with Crippen LogP contribution in [0.5, 0.6) is 0 Å². The van der Waals surface area contributed by atoms with Gasteiger partial charge in [-0.05, 0) is 51.6 Å². The predicted octanol–water partition coefficient (Wildman–Crippen LogP) is 8.43. The third-order valence-corrected chi connectivity index (χ3v) is 9.57. The first kappa shape index (κ1) is 32.5. The van der Waals surface area contributed by atoms with Gasteiger partial charge in [-0.3, -0.25) is 0 Å². The van der Waals surface area contributed by atoms with Crippen LogP contribution in [0.25, 0.3) is 11.1 Å². The number of rotatable bonds is 11. The van der Waals surface area contributed by atoms with E-state index in [4.69, 9.17) is 9.47 Å². The molecule has 4 atom stereocenters. The van der Waals surface area contributed by atoms with Crippen molar-refractivity contribution < 1.29 is 19.4 Å². The van der Waals surface area contributed by atoms with Crippen molar-refractivity contribution in [2.45, 2.75) is 50.0 Å². The Morgan fingerprint density at radius 2 is 1.32 bits per heavy atom. The van der Waals surface area contributed by atoms with Gasteiger partial charge in [-0.25, -0.2) is 4.79 Å². The summed E-state index contributed by atoms with van der Waals surface area (Å²) in [6.45, 7) is 3.11. The number of nitrogens with one attached hydrogen (secondary N) is 2. The van der Waals surface area contributed by atoms with Crippen LogP contribution in [-0.4, -0.2) is 23.0 Å². The number of urea groups is 1. The van der Waals surface area contributed by atoms with E-state index in [2.05, 4.69) is 78.2 Å². The molecule has 0 radical (unpaired) electrons. The van der Waals surface area contributed by atoms with Gasteiger partial charge >= 0.3 is 6.03 Å². The van der Waals surface area contributed by atoms with E-state index in [1.54, 1.807) is 11.8 Å². The zero-order valence-electron chi connectivity index (χ0n) is 26.4. The number of benzene rings is 5. The first-order chi connectivity index (χ1) is 23.1. The van der Waals surface area contributed by atoms with Gasteiger partial charge in [0.1, 0.15) is 0 Å². The largest absolute Gasteiger partial charge is 0.392 e. The minimum atomic E-state index is -0.519. The highest BCUT2D eigenvalue weighted by atomic mass is 32.2. The molecule has 1 heterocycles. The van der Waals surface area contributed by atoms with Crippen molar-refractivity contribution in [2.24, 2.45) is 5.92 Å². The van der Waals surface area contributed by atoms with Gasteiger partial charge in [0.15, 0.2) is 6.29 Å². The van der Waals surface area contributed by atoms with E-state index in [-0.39, 0.29) is 30.8 Å². The highest BCUT2D eigenvalue weighted by Crippen LogP contribution is 2.43. The van der Waals surface area contributed by atoms with Gasteiger partial charge in [-0.1, -0.05) is 122 Å². The number of aliphatic hydroxyl groups excluding tert-OH is 1. The van der Waals surface area contributed by atoms with E-state index < -0.39 is 6.29 Å². The molecule has 0 unspecified atom stereocenters. The van der Waals surface area contributed by atoms with Crippen LogP contribution in [0.4, 0.5) is 4.79 Å². The second kappa shape index (κ2) is 15.9. The van der Waals surface area contributed by atoms with Crippen molar-refractivity contribution in [3.05, 3.63) is 161 Å². The van der Waals surface area contributed by atoms with Crippen molar-refractivity contribution in [3.63, 3.8) is 0 Å². The summed E-state index contributed by atoms with van der Waals surface area (Å²) in [6.07, 6.45) is -0.707. The van der Waals surface area contributed by atoms with Crippen LogP contribution in [0, 0.1) is 5.92 Å². The molecular formula is C40H40N2O4S. The Morgan fingerprint density at radius 1 is 0.681 bits per heavy atom. The molecule has 1 fully saturated rings. The van der Waals surface area contributed by atoms with E-state index in [1.807, 2.05) is 72.8 Å². The van der Waals surface area contributed by atoms with Gasteiger partial charge < -0.3 is 25.2 Å². The highest BCUT2D eigenvalue weighted by Gasteiger charge is 2.38. The second-order valence-corrected chi connectivity index (χ2v) is 12.9. The maximum absolute atomic E-state index is 12.4. The number of carbonyl (C=O) groups excluding carboxylic acids is 1. The average Bonchev–Trinajstić information content (AvgIpc) is 3.14. The number of hydrogen-bond acceptors (Lipinski definition) is 5. The van der Waals surface area contributed by atoms with Crippen LogP contribution < -0.4 is 10.6 Å². The molecule has 5 aromatic rings. The van der Waals surface area contributed by atoms with Gasteiger partial charge in [0, 0.05) is 35.2 Å². The van der Waals surface area contributed by atoms with Gasteiger partial charge in [0.2, 0.25) is 0 Å². The van der Waals surface area contributed by atoms with Gasteiger partial charge in [-0.15, -0.1) is 11.8 Å². The van der Waals surface area contributed by atoms with Crippen molar-refractivity contribution in [2.75, 3.05) is 5.75 Å². The van der Waals surface area contributed by atoms with Crippen LogP contribution in [-0.2, 0) is 29.2 Å². The number of thioether (sulfide) groups is 1. The van der Waals surface area contributed by atoms with Gasteiger partial charge in [-0.2, -0.15) is 0 Å². The molecule has 6 nitrogen and oxygen atoms in total. The molecule has 5 aromatic carbocycles. The van der Waals surface area contributed by atoms with Gasteiger partial charge in [0.05, 0.1) is 18.8 Å². The predicted molar refractivity (Wildman–Crippen MR) is 188 cm³/mol. The van der Waals surface area contributed by atoms with Crippen molar-refractivity contribution in [1.82, 2.24) is 10.6 Å². The smallest absolute Gasteiger partial charge is 0.315 e. The minimum Gasteiger partial charge on any atom is -0.392 e. The Bertz CT molecular complexity index is 1720. The fraction of sp³-hybridized carbons (Fsp3) is 0.225. The molecule has 0 aromatic heterocycles. The van der Waals surface area contributed by atoms with Crippen LogP contribution in [0.2, 0.25) is 0 Å². The molecule has 7 heteroatoms. The van der Waals surface area contributed by atoms with Crippen LogP contribution in [0.3, 0.4) is 0 Å². The maximum Gasteiger partial charge on any atom is 0.315 e. The fourth-order valence-electron chi connectivity index (χ4n) is 5.72. The summed E-state index contributed by atoms with van der Waals surface area (Å²) >= 11 is 1.80. The van der Waals surface area contributed by atoms with Crippen molar-refractivity contribution in [1.29, 1.82) is 0 Å². The van der Waals surface area contributed by atoms with E-state index in [0.29, 0.717) is 13.1 Å². The molecule has 3 N–H and O–H groups in total. The molecule has 0 aliphatic carbocycles. The monoisotopic (exact) mass is 644 g/mol. The quantitative estimate of drug-likeness (QED) is 0.126. The second-order valence-electron chi connectivity index (χ2n) is 11.8. The SMILES string of the molecule is C[C@@H]1[C@H](CSc2ccccc2)O[C@H](c2ccc(-c3cccc(CNC(=O)NCc4ccccc4)c3)cc2)O[C@@H]1c1ccc(CO)cc1. The topological polar surface area (TPSA) is 79.8 Å². The molecule has 0 spiro atoms. The number of aliphatic hydroxyl groups is 1. The average molecular weight is 645 g/mol. The molecule has 1 aliphatic heterocycles. The zero-order valence-corrected chi connectivity index (χ0v) is 27.2. The van der Waals surface area contributed by atoms with Crippen molar-refractivity contribution in [3.8, 4) is 11.1 Å². The lowest BCUT2D eigenvalue weighted by Gasteiger charge is -2.41. The van der Waals surface area contributed by atoms with Crippen LogP contribution in [0.1, 0.15) is 47.1 Å². The van der Waals surface area contributed by atoms with Crippen LogP contribution in [0.15, 0.2) is 138 Å². The summed E-state index contributed by atoms with van der Waals surface area (Å²) in [6, 6.07) is 44.6. The maximum atomic E-state index is 12.4. The van der Waals surface area contributed by atoms with E-state index in [9.17, 15) is 9.90 Å². The Hall–Kier alpha value is -4.40. The number of carbonyl (C=O) groups is 1. The fourth-order valence-corrected chi connectivity index (χ4v) is 6.81. The third-order valence-electron chi connectivity index (χ3n) is 8.47. The Morgan fingerprint density at radius 3 is 2.02 bits per heavy atom. The normalized spacial score (nSPS) is 19.2. The first-order valence-corrected chi connectivity index (χ1v) is 17.0. The van der Waals surface area contributed by atoms with Crippen molar-refractivity contribution >= 4 is 17.8 Å². The molecule has 1 aliphatic rings. The number of amides is 2. The molecule has 0 bridgehead atoms. The number of hydrogen-bond donors (Lipinski definition) is 3. The standard InChI is InChI=1S/C40H40N2O4S/c1-28-37(27-47-36-13-6-3-7-14-36)45-39(46-38(28)33-17-15-30(26-43)16-18-33)34-21-19-32(20-22-34)35-12-8-11-31(23-35)25-42-40(44)41-24-29-9-4-2-5-10-29/h2-23,28,37-39,43H,24-27H2,1H3,(H2,41,42,44)/t28-,37+,38+,39+/m1/s1. The number of ether oxygens (including phenoxy) is 2. The summed E-state index contributed by atoms with van der Waals surface area (Å²) in [4.78, 5) is 13.6. The van der Waals surface area contributed by atoms with Crippen LogP contribution >= 0.6 is 11.8 Å². The van der Waals surface area contributed by atoms with E-state index >= 15 is 0 Å². The lowest BCUT2D eigenvalue weighted by molar-refractivity contribution is -0.268. The summed E-state index contributed by atoms with van der Waals surface area (Å²) in [5, 5.41) is 15.4. The minimum absolute atomic E-state index is 0.0132. The molecule has 2 amide bonds. The molecule has 47 heavy (non-hydrogen) atoms. The summed E-state index contributed by atoms with van der Waals surface area (Å²) < 4.78 is 13.3.